The van der Waals surface area contributed by atoms with Gasteiger partial charge in [-0.3, -0.25) is 9.36 Å². The molecule has 0 aromatic carbocycles. The highest BCUT2D eigenvalue weighted by Gasteiger charge is 2.22. The van der Waals surface area contributed by atoms with E-state index in [2.05, 4.69) is 6.07 Å². The first-order valence-electron chi connectivity index (χ1n) is 7.76. The SMILES string of the molecule is COCCn1c(S[C@H](C)C#N)nc2sc3c(c2c1=O)CCCC3. The summed E-state index contributed by atoms with van der Waals surface area (Å²) in [6, 6.07) is 2.19. The minimum absolute atomic E-state index is 0.0130. The maximum atomic E-state index is 13.0. The van der Waals surface area contributed by atoms with Crippen LogP contribution in [0.25, 0.3) is 10.2 Å². The molecule has 0 saturated heterocycles. The molecule has 0 fully saturated rings. The Bertz CT molecular complexity index is 819. The van der Waals surface area contributed by atoms with Crippen molar-refractivity contribution in [2.24, 2.45) is 0 Å². The topological polar surface area (TPSA) is 67.9 Å². The lowest BCUT2D eigenvalue weighted by molar-refractivity contribution is 0.183. The van der Waals surface area contributed by atoms with E-state index in [4.69, 9.17) is 15.0 Å². The lowest BCUT2D eigenvalue weighted by atomic mass is 9.97. The Balaban J connectivity index is 2.17. The van der Waals surface area contributed by atoms with E-state index in [0.717, 1.165) is 29.5 Å². The van der Waals surface area contributed by atoms with Gasteiger partial charge in [0.25, 0.3) is 5.56 Å². The number of ether oxygens (including phenoxy) is 1. The summed E-state index contributed by atoms with van der Waals surface area (Å²) < 4.78 is 6.81. The molecule has 1 aliphatic carbocycles. The van der Waals surface area contributed by atoms with Crippen LogP contribution >= 0.6 is 23.1 Å². The smallest absolute Gasteiger partial charge is 0.263 e. The van der Waals surface area contributed by atoms with Crippen molar-refractivity contribution in [1.29, 1.82) is 5.26 Å². The van der Waals surface area contributed by atoms with Crippen molar-refractivity contribution in [2.75, 3.05) is 13.7 Å². The average molecular weight is 349 g/mol. The molecule has 23 heavy (non-hydrogen) atoms. The summed E-state index contributed by atoms with van der Waals surface area (Å²) in [4.78, 5) is 19.9. The molecule has 0 N–H and O–H groups in total. The largest absolute Gasteiger partial charge is 0.383 e. The van der Waals surface area contributed by atoms with Crippen LogP contribution in [0, 0.1) is 11.3 Å². The lowest BCUT2D eigenvalue weighted by Crippen LogP contribution is -2.26. The first-order chi connectivity index (χ1) is 11.2. The number of thiophene rings is 1. The molecular weight excluding hydrogens is 330 g/mol. The molecule has 0 bridgehead atoms. The highest BCUT2D eigenvalue weighted by molar-refractivity contribution is 8.00. The number of fused-ring (bicyclic) bond motifs is 3. The highest BCUT2D eigenvalue weighted by atomic mass is 32.2. The van der Waals surface area contributed by atoms with E-state index in [1.54, 1.807) is 23.0 Å². The number of hydrogen-bond acceptors (Lipinski definition) is 6. The van der Waals surface area contributed by atoms with Crippen LogP contribution in [0.4, 0.5) is 0 Å². The van der Waals surface area contributed by atoms with Crippen LogP contribution in [0.15, 0.2) is 9.95 Å². The van der Waals surface area contributed by atoms with Gasteiger partial charge in [0.2, 0.25) is 0 Å². The minimum Gasteiger partial charge on any atom is -0.383 e. The third kappa shape index (κ3) is 3.16. The summed E-state index contributed by atoms with van der Waals surface area (Å²) in [5.74, 6) is 0. The van der Waals surface area contributed by atoms with Crippen LogP contribution < -0.4 is 5.56 Å². The van der Waals surface area contributed by atoms with Crippen LogP contribution in [0.1, 0.15) is 30.2 Å². The van der Waals surface area contributed by atoms with Gasteiger partial charge in [-0.25, -0.2) is 4.98 Å². The van der Waals surface area contributed by atoms with Crippen molar-refractivity contribution >= 4 is 33.3 Å². The Morgan fingerprint density at radius 1 is 1.48 bits per heavy atom. The van der Waals surface area contributed by atoms with E-state index < -0.39 is 0 Å². The second-order valence-electron chi connectivity index (χ2n) is 5.62. The first kappa shape index (κ1) is 16.5. The molecule has 7 heteroatoms. The molecule has 2 heterocycles. The molecule has 0 saturated carbocycles. The zero-order chi connectivity index (χ0) is 16.4. The number of aromatic nitrogens is 2. The standard InChI is InChI=1S/C16H19N3O2S2/c1-10(9-17)22-16-18-14-13(15(20)19(16)7-8-21-2)11-5-3-4-6-12(11)23-14/h10H,3-8H2,1-2H3/t10-/m1/s1. The summed E-state index contributed by atoms with van der Waals surface area (Å²) in [5.41, 5.74) is 1.21. The van der Waals surface area contributed by atoms with Gasteiger partial charge in [-0.05, 0) is 38.2 Å². The molecule has 3 rings (SSSR count). The van der Waals surface area contributed by atoms with Crippen LogP contribution in [-0.2, 0) is 24.1 Å². The lowest BCUT2D eigenvalue weighted by Gasteiger charge is -2.13. The number of nitrogens with zero attached hydrogens (tertiary/aromatic N) is 3. The summed E-state index contributed by atoms with van der Waals surface area (Å²) in [6.45, 7) is 2.73. The predicted molar refractivity (Wildman–Crippen MR) is 93.3 cm³/mol. The predicted octanol–water partition coefficient (Wildman–Crippen LogP) is 2.99. The van der Waals surface area contributed by atoms with Crippen molar-refractivity contribution < 1.29 is 4.74 Å². The molecule has 2 aromatic rings. The molecule has 0 unspecified atom stereocenters. The van der Waals surface area contributed by atoms with Crippen molar-refractivity contribution in [3.63, 3.8) is 0 Å². The molecular formula is C16H19N3O2S2. The zero-order valence-corrected chi connectivity index (χ0v) is 14.9. The summed E-state index contributed by atoms with van der Waals surface area (Å²) in [6.07, 6.45) is 4.34. The second-order valence-corrected chi connectivity index (χ2v) is 8.02. The number of aryl methyl sites for hydroxylation is 2. The minimum atomic E-state index is -0.247. The van der Waals surface area contributed by atoms with E-state index in [9.17, 15) is 4.79 Å². The molecule has 1 atom stereocenters. The third-order valence-corrected chi connectivity index (χ3v) is 6.19. The molecule has 122 valence electrons. The Morgan fingerprint density at radius 2 is 2.26 bits per heavy atom. The number of nitriles is 1. The maximum Gasteiger partial charge on any atom is 0.263 e. The number of rotatable bonds is 5. The highest BCUT2D eigenvalue weighted by Crippen LogP contribution is 2.35. The summed E-state index contributed by atoms with van der Waals surface area (Å²) in [5, 5.41) is 10.2. The van der Waals surface area contributed by atoms with Gasteiger partial charge >= 0.3 is 0 Å². The van der Waals surface area contributed by atoms with Crippen molar-refractivity contribution in [1.82, 2.24) is 9.55 Å². The third-order valence-electron chi connectivity index (χ3n) is 4.02. The molecule has 1 aliphatic rings. The fourth-order valence-corrected chi connectivity index (χ4v) is 5.00. The monoisotopic (exact) mass is 349 g/mol. The van der Waals surface area contributed by atoms with Gasteiger partial charge in [0.1, 0.15) is 4.83 Å². The van der Waals surface area contributed by atoms with Gasteiger partial charge in [0, 0.05) is 12.0 Å². The number of hydrogen-bond donors (Lipinski definition) is 0. The van der Waals surface area contributed by atoms with Crippen LogP contribution in [0.3, 0.4) is 0 Å². The van der Waals surface area contributed by atoms with Gasteiger partial charge in [0.05, 0.1) is 29.9 Å². The van der Waals surface area contributed by atoms with Gasteiger partial charge in [-0.15, -0.1) is 11.3 Å². The maximum absolute atomic E-state index is 13.0. The molecule has 0 aliphatic heterocycles. The fourth-order valence-electron chi connectivity index (χ4n) is 2.87. The van der Waals surface area contributed by atoms with Gasteiger partial charge < -0.3 is 4.74 Å². The molecule has 0 amide bonds. The Labute approximate surface area is 143 Å². The average Bonchev–Trinajstić information content (AvgIpc) is 2.92. The molecule has 5 nitrogen and oxygen atoms in total. The Morgan fingerprint density at radius 3 is 3.00 bits per heavy atom. The Kier molecular flexibility index (Phi) is 5.05. The van der Waals surface area contributed by atoms with E-state index in [1.165, 1.54) is 28.6 Å². The normalized spacial score (nSPS) is 15.3. The van der Waals surface area contributed by atoms with Crippen molar-refractivity contribution in [3.05, 3.63) is 20.8 Å². The molecule has 2 aromatic heterocycles. The quantitative estimate of drug-likeness (QED) is 0.613. The van der Waals surface area contributed by atoms with Crippen molar-refractivity contribution in [3.8, 4) is 6.07 Å². The summed E-state index contributed by atoms with van der Waals surface area (Å²) in [7, 11) is 1.62. The molecule has 0 spiro atoms. The number of thioether (sulfide) groups is 1. The van der Waals surface area contributed by atoms with E-state index in [-0.39, 0.29) is 10.8 Å². The van der Waals surface area contributed by atoms with Crippen molar-refractivity contribution in [2.45, 2.75) is 49.6 Å². The van der Waals surface area contributed by atoms with Gasteiger partial charge in [-0.1, -0.05) is 11.8 Å². The first-order valence-corrected chi connectivity index (χ1v) is 9.45. The zero-order valence-electron chi connectivity index (χ0n) is 13.3. The van der Waals surface area contributed by atoms with E-state index in [0.29, 0.717) is 18.3 Å². The van der Waals surface area contributed by atoms with Gasteiger partial charge in [-0.2, -0.15) is 5.26 Å². The van der Waals surface area contributed by atoms with Crippen LogP contribution in [0.2, 0.25) is 0 Å². The van der Waals surface area contributed by atoms with E-state index in [1.807, 2.05) is 6.92 Å². The second kappa shape index (κ2) is 7.04. The number of methoxy groups -OCH3 is 1. The van der Waals surface area contributed by atoms with Crippen LogP contribution in [0.5, 0.6) is 0 Å². The fraction of sp³-hybridized carbons (Fsp3) is 0.562. The van der Waals surface area contributed by atoms with E-state index >= 15 is 0 Å². The molecule has 0 radical (unpaired) electrons. The van der Waals surface area contributed by atoms with Crippen LogP contribution in [-0.4, -0.2) is 28.5 Å². The summed E-state index contributed by atoms with van der Waals surface area (Å²) >= 11 is 2.98. The van der Waals surface area contributed by atoms with Gasteiger partial charge in [0.15, 0.2) is 5.16 Å². The Hall–Kier alpha value is -1.36.